The third-order valence-electron chi connectivity index (χ3n) is 2.68. The summed E-state index contributed by atoms with van der Waals surface area (Å²) in [6, 6.07) is 2.28. The quantitative estimate of drug-likeness (QED) is 0.847. The molecule has 0 aromatic carbocycles. The van der Waals surface area contributed by atoms with Gasteiger partial charge in [-0.25, -0.2) is 4.98 Å². The third kappa shape index (κ3) is 3.09. The lowest BCUT2D eigenvalue weighted by atomic mass is 10.2. The van der Waals surface area contributed by atoms with Gasteiger partial charge in [0.2, 0.25) is 0 Å². The highest BCUT2D eigenvalue weighted by molar-refractivity contribution is 9.10. The largest absolute Gasteiger partial charge is 0.383 e. The third-order valence-corrected chi connectivity index (χ3v) is 3.42. The van der Waals surface area contributed by atoms with E-state index in [9.17, 15) is 0 Å². The second kappa shape index (κ2) is 5.34. The van der Waals surface area contributed by atoms with Gasteiger partial charge in [0, 0.05) is 17.8 Å². The zero-order chi connectivity index (χ0) is 11.5. The molecule has 1 saturated carbocycles. The lowest BCUT2D eigenvalue weighted by molar-refractivity contribution is 0.179. The van der Waals surface area contributed by atoms with Crippen LogP contribution < -0.4 is 5.32 Å². The van der Waals surface area contributed by atoms with E-state index in [2.05, 4.69) is 26.2 Å². The van der Waals surface area contributed by atoms with Crippen molar-refractivity contribution in [2.75, 3.05) is 19.0 Å². The summed E-state index contributed by atoms with van der Waals surface area (Å²) in [5.41, 5.74) is 0.866. The van der Waals surface area contributed by atoms with Crippen LogP contribution in [-0.4, -0.2) is 24.7 Å². The molecule has 1 heterocycles. The number of hydrogen-bond acceptors (Lipinski definition) is 3. The van der Waals surface area contributed by atoms with Crippen LogP contribution in [0.2, 0.25) is 5.15 Å². The van der Waals surface area contributed by atoms with E-state index in [0.717, 1.165) is 10.2 Å². The molecule has 1 aromatic heterocycles. The maximum absolute atomic E-state index is 6.03. The van der Waals surface area contributed by atoms with Crippen LogP contribution in [0.1, 0.15) is 12.8 Å². The molecule has 0 spiro atoms. The minimum absolute atomic E-state index is 0.332. The maximum Gasteiger partial charge on any atom is 0.152 e. The van der Waals surface area contributed by atoms with E-state index in [1.54, 1.807) is 13.3 Å². The molecular weight excluding hydrogens is 291 g/mol. The monoisotopic (exact) mass is 304 g/mol. The standard InChI is InChI=1S/C11H14BrClN2O/c1-16-6-10(7-2-3-7)15-9-4-8(12)5-14-11(9)13/h4-5,7,10,15H,2-3,6H2,1H3. The van der Waals surface area contributed by atoms with Crippen LogP contribution in [0.25, 0.3) is 0 Å². The Kier molecular flexibility index (Phi) is 4.05. The van der Waals surface area contributed by atoms with E-state index in [0.29, 0.717) is 23.7 Å². The normalized spacial score (nSPS) is 17.2. The van der Waals surface area contributed by atoms with Crippen molar-refractivity contribution in [3.05, 3.63) is 21.9 Å². The molecule has 3 nitrogen and oxygen atoms in total. The Labute approximate surface area is 109 Å². The molecule has 0 saturated heterocycles. The van der Waals surface area contributed by atoms with Gasteiger partial charge in [0.05, 0.1) is 18.3 Å². The molecular formula is C11H14BrClN2O. The van der Waals surface area contributed by atoms with Gasteiger partial charge in [-0.1, -0.05) is 11.6 Å². The predicted octanol–water partition coefficient (Wildman–Crippen LogP) is 3.33. The number of anilines is 1. The smallest absolute Gasteiger partial charge is 0.152 e. The molecule has 0 amide bonds. The lowest BCUT2D eigenvalue weighted by Gasteiger charge is -2.19. The van der Waals surface area contributed by atoms with Crippen LogP contribution in [0.3, 0.4) is 0 Å². The molecule has 2 rings (SSSR count). The highest BCUT2D eigenvalue weighted by Gasteiger charge is 2.31. The molecule has 0 aliphatic heterocycles. The van der Waals surface area contributed by atoms with Gasteiger partial charge < -0.3 is 10.1 Å². The van der Waals surface area contributed by atoms with Crippen molar-refractivity contribution >= 4 is 33.2 Å². The first kappa shape index (κ1) is 12.1. The predicted molar refractivity (Wildman–Crippen MR) is 69.0 cm³/mol. The molecule has 5 heteroatoms. The molecule has 1 N–H and O–H groups in total. The Morgan fingerprint density at radius 1 is 1.69 bits per heavy atom. The number of hydrogen-bond donors (Lipinski definition) is 1. The molecule has 0 radical (unpaired) electrons. The van der Waals surface area contributed by atoms with Gasteiger partial charge in [-0.2, -0.15) is 0 Å². The molecule has 1 aliphatic rings. The van der Waals surface area contributed by atoms with Crippen molar-refractivity contribution in [3.63, 3.8) is 0 Å². The van der Waals surface area contributed by atoms with Crippen molar-refractivity contribution in [1.29, 1.82) is 0 Å². The van der Waals surface area contributed by atoms with E-state index in [1.165, 1.54) is 12.8 Å². The first-order chi connectivity index (χ1) is 7.70. The molecule has 1 unspecified atom stereocenters. The number of ether oxygens (including phenoxy) is 1. The van der Waals surface area contributed by atoms with Crippen molar-refractivity contribution in [2.24, 2.45) is 5.92 Å². The summed E-state index contributed by atoms with van der Waals surface area (Å²) >= 11 is 9.42. The van der Waals surface area contributed by atoms with Gasteiger partial charge in [-0.05, 0) is 40.8 Å². The molecule has 16 heavy (non-hydrogen) atoms. The second-order valence-corrected chi connectivity index (χ2v) is 5.31. The summed E-state index contributed by atoms with van der Waals surface area (Å²) in [5, 5.41) is 3.91. The molecule has 1 fully saturated rings. The summed E-state index contributed by atoms with van der Waals surface area (Å²) in [5.74, 6) is 0.704. The highest BCUT2D eigenvalue weighted by Crippen LogP contribution is 2.35. The Hall–Kier alpha value is -0.320. The Balaban J connectivity index is 2.08. The Morgan fingerprint density at radius 3 is 3.06 bits per heavy atom. The van der Waals surface area contributed by atoms with Crippen LogP contribution in [0.4, 0.5) is 5.69 Å². The van der Waals surface area contributed by atoms with E-state index in [4.69, 9.17) is 16.3 Å². The molecule has 1 aromatic rings. The highest BCUT2D eigenvalue weighted by atomic mass is 79.9. The topological polar surface area (TPSA) is 34.1 Å². The zero-order valence-electron chi connectivity index (χ0n) is 9.04. The summed E-state index contributed by atoms with van der Waals surface area (Å²) < 4.78 is 6.13. The Bertz CT molecular complexity index is 371. The van der Waals surface area contributed by atoms with Gasteiger partial charge in [0.25, 0.3) is 0 Å². The zero-order valence-corrected chi connectivity index (χ0v) is 11.4. The Morgan fingerprint density at radius 2 is 2.44 bits per heavy atom. The average molecular weight is 306 g/mol. The van der Waals surface area contributed by atoms with E-state index >= 15 is 0 Å². The van der Waals surface area contributed by atoms with Crippen LogP contribution >= 0.6 is 27.5 Å². The number of pyridine rings is 1. The van der Waals surface area contributed by atoms with E-state index < -0.39 is 0 Å². The summed E-state index contributed by atoms with van der Waals surface area (Å²) in [4.78, 5) is 4.09. The first-order valence-corrected chi connectivity index (χ1v) is 6.44. The van der Waals surface area contributed by atoms with Gasteiger partial charge in [0.1, 0.15) is 0 Å². The summed E-state index contributed by atoms with van der Waals surface area (Å²) in [6.07, 6.45) is 4.22. The number of rotatable bonds is 5. The first-order valence-electron chi connectivity index (χ1n) is 5.27. The van der Waals surface area contributed by atoms with E-state index in [1.807, 2.05) is 6.07 Å². The lowest BCUT2D eigenvalue weighted by Crippen LogP contribution is -2.27. The number of nitrogens with one attached hydrogen (secondary N) is 1. The molecule has 1 aliphatic carbocycles. The van der Waals surface area contributed by atoms with Crippen molar-refractivity contribution < 1.29 is 4.74 Å². The number of aromatic nitrogens is 1. The fraction of sp³-hybridized carbons (Fsp3) is 0.545. The van der Waals surface area contributed by atoms with Crippen molar-refractivity contribution in [3.8, 4) is 0 Å². The number of halogens is 2. The summed E-state index contributed by atoms with van der Waals surface area (Å²) in [6.45, 7) is 0.702. The van der Waals surface area contributed by atoms with Crippen LogP contribution in [0.5, 0.6) is 0 Å². The van der Waals surface area contributed by atoms with Gasteiger partial charge in [-0.3, -0.25) is 0 Å². The van der Waals surface area contributed by atoms with Gasteiger partial charge in [-0.15, -0.1) is 0 Å². The maximum atomic E-state index is 6.03. The molecule has 88 valence electrons. The van der Waals surface area contributed by atoms with Crippen LogP contribution in [0.15, 0.2) is 16.7 Å². The van der Waals surface area contributed by atoms with E-state index in [-0.39, 0.29) is 0 Å². The molecule has 1 atom stereocenters. The number of nitrogens with zero attached hydrogens (tertiary/aromatic N) is 1. The second-order valence-electron chi connectivity index (χ2n) is 4.04. The minimum atomic E-state index is 0.332. The average Bonchev–Trinajstić information content (AvgIpc) is 3.06. The van der Waals surface area contributed by atoms with Gasteiger partial charge >= 0.3 is 0 Å². The molecule has 0 bridgehead atoms. The van der Waals surface area contributed by atoms with Crippen LogP contribution in [0, 0.1) is 5.92 Å². The fourth-order valence-electron chi connectivity index (χ4n) is 1.70. The van der Waals surface area contributed by atoms with Crippen LogP contribution in [-0.2, 0) is 4.74 Å². The van der Waals surface area contributed by atoms with Crippen molar-refractivity contribution in [1.82, 2.24) is 4.98 Å². The fourth-order valence-corrected chi connectivity index (χ4v) is 2.19. The summed E-state index contributed by atoms with van der Waals surface area (Å²) in [7, 11) is 1.72. The SMILES string of the molecule is COCC(Nc1cc(Br)cnc1Cl)C1CC1. The minimum Gasteiger partial charge on any atom is -0.383 e. The van der Waals surface area contributed by atoms with Gasteiger partial charge in [0.15, 0.2) is 5.15 Å². The van der Waals surface area contributed by atoms with Crippen molar-refractivity contribution in [2.45, 2.75) is 18.9 Å². The number of methoxy groups -OCH3 is 1.